The molecular weight excluding hydrogens is 633 g/mol. The monoisotopic (exact) mass is 667 g/mol. The molecule has 3 heterocycles. The van der Waals surface area contributed by atoms with E-state index in [1.807, 2.05) is 24.3 Å². The van der Waals surface area contributed by atoms with Crippen molar-refractivity contribution >= 4 is 40.4 Å². The number of hydroxylamine groups is 2. The van der Waals surface area contributed by atoms with Crippen molar-refractivity contribution in [3.63, 3.8) is 0 Å². The Morgan fingerprint density at radius 2 is 1.82 bits per heavy atom. The number of hydrogen-bond acceptors (Lipinski definition) is 9. The Labute approximate surface area is 245 Å². The number of ether oxygens (including phenoxy) is 3. The standard InChI is InChI=1S/C28H34IN3O8/c29-18-3-1-2-15(12-18)14-32-23-25(35)37-19-13-27(23,26(36)31-9-8-20(34)30-10-11-33)24(40-32)22-21(19)38-28(39-22,16-4-5-16)17-6-7-17/h1-3,12,16-17,19,21-24,33H,4-11,13-14H2,(H,30,34)(H,31,36). The molecule has 3 saturated carbocycles. The van der Waals surface area contributed by atoms with E-state index in [4.69, 9.17) is 24.2 Å². The molecule has 12 heteroatoms. The molecule has 3 N–H and O–H groups in total. The first-order valence-electron chi connectivity index (χ1n) is 14.3. The Morgan fingerprint density at radius 1 is 1.07 bits per heavy atom. The molecule has 0 radical (unpaired) electrons. The van der Waals surface area contributed by atoms with E-state index in [0.717, 1.165) is 34.8 Å². The van der Waals surface area contributed by atoms with Crippen molar-refractivity contribution in [1.82, 2.24) is 15.7 Å². The number of hydrogen-bond donors (Lipinski definition) is 3. The number of aliphatic hydroxyl groups is 1. The van der Waals surface area contributed by atoms with Crippen LogP contribution in [0.1, 0.15) is 44.1 Å². The van der Waals surface area contributed by atoms with Gasteiger partial charge < -0.3 is 30.0 Å². The second-order valence-electron chi connectivity index (χ2n) is 11.9. The Hall–Kier alpha value is -1.84. The number of aliphatic hydroxyl groups excluding tert-OH is 1. The van der Waals surface area contributed by atoms with Gasteiger partial charge in [-0.15, -0.1) is 0 Å². The summed E-state index contributed by atoms with van der Waals surface area (Å²) in [5.41, 5.74) is -0.306. The van der Waals surface area contributed by atoms with Crippen LogP contribution in [0, 0.1) is 20.8 Å². The number of carbonyl (C=O) groups excluding carboxylic acids is 3. The lowest BCUT2D eigenvalue weighted by molar-refractivity contribution is -0.235. The van der Waals surface area contributed by atoms with Crippen molar-refractivity contribution in [2.75, 3.05) is 19.7 Å². The van der Waals surface area contributed by atoms with Gasteiger partial charge in [-0.05, 0) is 66.0 Å². The van der Waals surface area contributed by atoms with E-state index in [1.54, 1.807) is 5.06 Å². The zero-order chi connectivity index (χ0) is 27.6. The lowest BCUT2D eigenvalue weighted by Crippen LogP contribution is -2.69. The van der Waals surface area contributed by atoms with Crippen molar-refractivity contribution in [2.24, 2.45) is 17.3 Å². The maximum absolute atomic E-state index is 14.1. The lowest BCUT2D eigenvalue weighted by atomic mass is 9.62. The fraction of sp³-hybridized carbons (Fsp3) is 0.679. The van der Waals surface area contributed by atoms with Gasteiger partial charge in [-0.2, -0.15) is 5.06 Å². The number of halogens is 1. The van der Waals surface area contributed by atoms with E-state index in [-0.39, 0.29) is 44.4 Å². The van der Waals surface area contributed by atoms with Crippen LogP contribution in [-0.4, -0.2) is 83.9 Å². The normalized spacial score (nSPS) is 35.6. The highest BCUT2D eigenvalue weighted by molar-refractivity contribution is 14.1. The summed E-state index contributed by atoms with van der Waals surface area (Å²) in [6.45, 7) is 0.383. The van der Waals surface area contributed by atoms with Gasteiger partial charge in [0.15, 0.2) is 11.8 Å². The number of amides is 2. The number of carbonyl (C=O) groups is 3. The Morgan fingerprint density at radius 3 is 2.52 bits per heavy atom. The summed E-state index contributed by atoms with van der Waals surface area (Å²) in [4.78, 5) is 46.5. The Kier molecular flexibility index (Phi) is 6.86. The van der Waals surface area contributed by atoms with Crippen LogP contribution in [0.25, 0.3) is 0 Å². The SMILES string of the molecule is O=C(CCNC(=O)C12CC3OC(=O)C1N(Cc1cccc(I)c1)OC2C1OC(C2CC2)(C2CC2)OC31)NCCO. The predicted octanol–water partition coefficient (Wildman–Crippen LogP) is 1.01. The van der Waals surface area contributed by atoms with Crippen LogP contribution in [0.15, 0.2) is 24.3 Å². The molecule has 6 unspecified atom stereocenters. The molecule has 3 aliphatic heterocycles. The molecule has 6 fully saturated rings. The van der Waals surface area contributed by atoms with Gasteiger partial charge in [0, 0.05) is 41.3 Å². The van der Waals surface area contributed by atoms with Gasteiger partial charge in [0.25, 0.3) is 0 Å². The van der Waals surface area contributed by atoms with Crippen molar-refractivity contribution in [3.05, 3.63) is 33.4 Å². The summed E-state index contributed by atoms with van der Waals surface area (Å²) in [7, 11) is 0. The summed E-state index contributed by atoms with van der Waals surface area (Å²) in [5, 5.41) is 16.1. The average molecular weight is 667 g/mol. The molecule has 6 aliphatic rings. The summed E-state index contributed by atoms with van der Waals surface area (Å²) < 4.78 is 20.6. The molecule has 11 nitrogen and oxygen atoms in total. The quantitative estimate of drug-likeness (QED) is 0.247. The average Bonchev–Trinajstić information content (AvgIpc) is 3.87. The van der Waals surface area contributed by atoms with E-state index in [0.29, 0.717) is 18.4 Å². The molecule has 6 atom stereocenters. The van der Waals surface area contributed by atoms with Crippen LogP contribution >= 0.6 is 22.6 Å². The summed E-state index contributed by atoms with van der Waals surface area (Å²) in [5.74, 6) is -1.21. The predicted molar refractivity (Wildman–Crippen MR) is 146 cm³/mol. The number of esters is 1. The molecule has 1 aromatic rings. The smallest absolute Gasteiger partial charge is 0.327 e. The number of fused-ring (bicyclic) bond motifs is 4. The maximum atomic E-state index is 14.1. The number of nitrogens with one attached hydrogen (secondary N) is 2. The first-order valence-corrected chi connectivity index (χ1v) is 15.3. The van der Waals surface area contributed by atoms with Crippen LogP contribution in [-0.2, 0) is 40.0 Å². The van der Waals surface area contributed by atoms with Crippen LogP contribution in [0.2, 0.25) is 0 Å². The maximum Gasteiger partial charge on any atom is 0.327 e. The number of rotatable bonds is 10. The molecule has 216 valence electrons. The minimum atomic E-state index is -1.25. The van der Waals surface area contributed by atoms with Gasteiger partial charge in [0.1, 0.15) is 29.8 Å². The van der Waals surface area contributed by atoms with Crippen LogP contribution in [0.4, 0.5) is 0 Å². The van der Waals surface area contributed by atoms with Gasteiger partial charge in [-0.25, -0.2) is 0 Å². The molecule has 3 aliphatic carbocycles. The first kappa shape index (κ1) is 27.0. The molecule has 1 aromatic carbocycles. The van der Waals surface area contributed by atoms with Gasteiger partial charge in [0.05, 0.1) is 13.2 Å². The Balaban J connectivity index is 1.20. The van der Waals surface area contributed by atoms with Gasteiger partial charge in [0.2, 0.25) is 11.8 Å². The highest BCUT2D eigenvalue weighted by atomic mass is 127. The molecular formula is C28H34IN3O8. The minimum absolute atomic E-state index is 0.0518. The van der Waals surface area contributed by atoms with Gasteiger partial charge >= 0.3 is 5.97 Å². The van der Waals surface area contributed by atoms with Crippen molar-refractivity contribution < 1.29 is 38.5 Å². The summed E-state index contributed by atoms with van der Waals surface area (Å²) in [6.07, 6.45) is 2.05. The summed E-state index contributed by atoms with van der Waals surface area (Å²) in [6, 6.07) is 6.96. The molecule has 0 spiro atoms. The van der Waals surface area contributed by atoms with E-state index in [1.165, 1.54) is 0 Å². The second kappa shape index (κ2) is 10.2. The van der Waals surface area contributed by atoms with E-state index in [9.17, 15) is 14.4 Å². The largest absolute Gasteiger partial charge is 0.458 e. The van der Waals surface area contributed by atoms with Gasteiger partial charge in [-0.3, -0.25) is 19.2 Å². The number of nitrogens with zero attached hydrogens (tertiary/aromatic N) is 1. The third-order valence-electron chi connectivity index (χ3n) is 9.21. The Bertz CT molecular complexity index is 1200. The van der Waals surface area contributed by atoms with E-state index < -0.39 is 47.6 Å². The highest BCUT2D eigenvalue weighted by Crippen LogP contribution is 2.63. The van der Waals surface area contributed by atoms with E-state index in [2.05, 4.69) is 33.2 Å². The fourth-order valence-electron chi connectivity index (χ4n) is 7.22. The van der Waals surface area contributed by atoms with E-state index >= 15 is 0 Å². The van der Waals surface area contributed by atoms with Gasteiger partial charge in [-0.1, -0.05) is 12.1 Å². The van der Waals surface area contributed by atoms with Crippen LogP contribution < -0.4 is 10.6 Å². The molecule has 7 rings (SSSR count). The minimum Gasteiger partial charge on any atom is -0.458 e. The molecule has 2 amide bonds. The molecule has 3 saturated heterocycles. The highest BCUT2D eigenvalue weighted by Gasteiger charge is 2.78. The first-order chi connectivity index (χ1) is 19.4. The zero-order valence-electron chi connectivity index (χ0n) is 22.1. The van der Waals surface area contributed by atoms with Crippen molar-refractivity contribution in [2.45, 2.75) is 81.3 Å². The summed E-state index contributed by atoms with van der Waals surface area (Å²) >= 11 is 2.24. The van der Waals surface area contributed by atoms with Crippen LogP contribution in [0.5, 0.6) is 0 Å². The molecule has 0 aromatic heterocycles. The fourth-order valence-corrected chi connectivity index (χ4v) is 7.83. The van der Waals surface area contributed by atoms with Crippen molar-refractivity contribution in [1.29, 1.82) is 0 Å². The lowest BCUT2D eigenvalue weighted by Gasteiger charge is -2.48. The zero-order valence-corrected chi connectivity index (χ0v) is 24.2. The third-order valence-corrected chi connectivity index (χ3v) is 9.88. The van der Waals surface area contributed by atoms with Crippen LogP contribution in [0.3, 0.4) is 0 Å². The second-order valence-corrected chi connectivity index (χ2v) is 13.1. The topological polar surface area (TPSA) is 136 Å². The van der Waals surface area contributed by atoms with Crippen molar-refractivity contribution in [3.8, 4) is 0 Å². The molecule has 2 bridgehead atoms. The number of benzene rings is 1. The molecule has 40 heavy (non-hydrogen) atoms. The third kappa shape index (κ3) is 4.37.